The van der Waals surface area contributed by atoms with Crippen molar-refractivity contribution in [3.63, 3.8) is 0 Å². The summed E-state index contributed by atoms with van der Waals surface area (Å²) < 4.78 is 11.4. The monoisotopic (exact) mass is 522 g/mol. The Kier molecular flexibility index (Phi) is 7.70. The van der Waals surface area contributed by atoms with Crippen LogP contribution in [0.5, 0.6) is 11.5 Å². The summed E-state index contributed by atoms with van der Waals surface area (Å²) >= 11 is 1.28. The minimum Gasteiger partial charge on any atom is -0.467 e. The van der Waals surface area contributed by atoms with Crippen LogP contribution in [0.4, 0.5) is 5.69 Å². The number of benzene rings is 3. The highest BCUT2D eigenvalue weighted by Gasteiger charge is 2.34. The second kappa shape index (κ2) is 11.7. The molecule has 1 aromatic heterocycles. The number of carbonyl (C=O) groups excluding carboxylic acids is 1. The number of anilines is 1. The Hall–Kier alpha value is -4.56. The number of para-hydroxylation sites is 1. The molecule has 7 nitrogen and oxygen atoms in total. The number of hydrogen-bond donors (Lipinski definition) is 0. The summed E-state index contributed by atoms with van der Waals surface area (Å²) in [5, 5.41) is 9.14. The lowest BCUT2D eigenvalue weighted by molar-refractivity contribution is -0.122. The van der Waals surface area contributed by atoms with E-state index in [1.54, 1.807) is 23.4 Å². The highest BCUT2D eigenvalue weighted by Crippen LogP contribution is 2.34. The Morgan fingerprint density at radius 1 is 0.921 bits per heavy atom. The van der Waals surface area contributed by atoms with Gasteiger partial charge < -0.3 is 14.1 Å². The average Bonchev–Trinajstić information content (AvgIpc) is 3.54. The van der Waals surface area contributed by atoms with Gasteiger partial charge in [-0.15, -0.1) is 5.10 Å². The molecule has 3 aromatic carbocycles. The Labute approximate surface area is 225 Å². The summed E-state index contributed by atoms with van der Waals surface area (Å²) in [6.07, 6.45) is 5.10. The second-order valence-corrected chi connectivity index (χ2v) is 9.69. The van der Waals surface area contributed by atoms with Crippen LogP contribution in [-0.4, -0.2) is 36.3 Å². The second-order valence-electron chi connectivity index (χ2n) is 8.68. The predicted molar refractivity (Wildman–Crippen MR) is 154 cm³/mol. The molecular formula is C30H26N4O3S. The van der Waals surface area contributed by atoms with Gasteiger partial charge in [0.15, 0.2) is 5.17 Å². The van der Waals surface area contributed by atoms with Gasteiger partial charge in [0.05, 0.1) is 23.9 Å². The van der Waals surface area contributed by atoms with Crippen LogP contribution in [0.2, 0.25) is 0 Å². The van der Waals surface area contributed by atoms with E-state index in [2.05, 4.69) is 10.2 Å². The molecule has 0 atom stereocenters. The number of nitrogens with zero attached hydrogens (tertiary/aromatic N) is 4. The zero-order chi connectivity index (χ0) is 26.3. The maximum atomic E-state index is 13.4. The van der Waals surface area contributed by atoms with Crippen molar-refractivity contribution in [3.05, 3.63) is 119 Å². The molecule has 1 aliphatic heterocycles. The number of hydrogen-bond acceptors (Lipinski definition) is 7. The van der Waals surface area contributed by atoms with E-state index in [1.807, 2.05) is 110 Å². The fourth-order valence-electron chi connectivity index (χ4n) is 3.73. The molecule has 0 radical (unpaired) electrons. The molecule has 1 fully saturated rings. The van der Waals surface area contributed by atoms with Crippen LogP contribution < -0.4 is 9.64 Å². The summed E-state index contributed by atoms with van der Waals surface area (Å²) in [5.74, 6) is 1.93. The fraction of sp³-hybridized carbons (Fsp3) is 0.100. The molecule has 0 N–H and O–H groups in total. The molecule has 8 heteroatoms. The van der Waals surface area contributed by atoms with E-state index in [0.29, 0.717) is 21.6 Å². The van der Waals surface area contributed by atoms with E-state index in [1.165, 1.54) is 11.8 Å². The molecule has 38 heavy (non-hydrogen) atoms. The highest BCUT2D eigenvalue weighted by molar-refractivity contribution is 8.18. The molecule has 0 bridgehead atoms. The standard InChI is InChI=1S/C30H26N4O3S/c1-33(2)24-15-13-22(14-16-24)20-31-32-30-34(21-27-12-7-17-36-27)29(35)28(38-30)19-23-8-6-11-26(18-23)37-25-9-4-3-5-10-25/h3-20H,21H2,1-2H3/b28-19-,31-20+,32-30-. The minimum atomic E-state index is -0.162. The SMILES string of the molecule is CN(C)c1ccc(/C=N/N=C2\S/C(=C\c3cccc(Oc4ccccc4)c3)C(=O)N2Cc2ccco2)cc1. The van der Waals surface area contributed by atoms with Crippen molar-refractivity contribution in [2.45, 2.75) is 6.54 Å². The van der Waals surface area contributed by atoms with Crippen LogP contribution in [0.1, 0.15) is 16.9 Å². The third-order valence-corrected chi connectivity index (χ3v) is 6.67. The van der Waals surface area contributed by atoms with Gasteiger partial charge in [0.2, 0.25) is 0 Å². The Bertz CT molecular complexity index is 1480. The molecule has 1 saturated heterocycles. The van der Waals surface area contributed by atoms with Gasteiger partial charge in [-0.25, -0.2) is 0 Å². The molecule has 4 aromatic rings. The van der Waals surface area contributed by atoms with E-state index in [4.69, 9.17) is 9.15 Å². The lowest BCUT2D eigenvalue weighted by atomic mass is 10.2. The van der Waals surface area contributed by atoms with Gasteiger partial charge in [-0.1, -0.05) is 42.5 Å². The summed E-state index contributed by atoms with van der Waals surface area (Å²) in [5.41, 5.74) is 2.86. The van der Waals surface area contributed by atoms with Gasteiger partial charge in [0.25, 0.3) is 5.91 Å². The first-order chi connectivity index (χ1) is 18.5. The summed E-state index contributed by atoms with van der Waals surface area (Å²) in [7, 11) is 3.99. The summed E-state index contributed by atoms with van der Waals surface area (Å²) in [6, 6.07) is 28.8. The van der Waals surface area contributed by atoms with Crippen LogP contribution in [0.15, 0.2) is 117 Å². The lowest BCUT2D eigenvalue weighted by Gasteiger charge is -2.12. The molecule has 1 amide bonds. The molecule has 0 spiro atoms. The topological polar surface area (TPSA) is 70.6 Å². The highest BCUT2D eigenvalue weighted by atomic mass is 32.2. The zero-order valence-corrected chi connectivity index (χ0v) is 21.8. The van der Waals surface area contributed by atoms with E-state index >= 15 is 0 Å². The zero-order valence-electron chi connectivity index (χ0n) is 21.0. The molecule has 2 heterocycles. The molecule has 190 valence electrons. The van der Waals surface area contributed by atoms with Crippen molar-refractivity contribution in [2.75, 3.05) is 19.0 Å². The van der Waals surface area contributed by atoms with Crippen LogP contribution in [0, 0.1) is 0 Å². The smallest absolute Gasteiger partial charge is 0.267 e. The van der Waals surface area contributed by atoms with Gasteiger partial charge in [-0.2, -0.15) is 5.10 Å². The fourth-order valence-corrected chi connectivity index (χ4v) is 4.66. The maximum absolute atomic E-state index is 13.4. The number of rotatable bonds is 8. The van der Waals surface area contributed by atoms with Crippen molar-refractivity contribution >= 4 is 40.8 Å². The molecule has 0 saturated carbocycles. The predicted octanol–water partition coefficient (Wildman–Crippen LogP) is 6.64. The van der Waals surface area contributed by atoms with Gasteiger partial charge in [0, 0.05) is 19.8 Å². The first-order valence-corrected chi connectivity index (χ1v) is 12.8. The summed E-state index contributed by atoms with van der Waals surface area (Å²) in [6.45, 7) is 0.263. The van der Waals surface area contributed by atoms with E-state index < -0.39 is 0 Å². The normalized spacial score (nSPS) is 15.6. The number of amides is 1. The maximum Gasteiger partial charge on any atom is 0.267 e. The van der Waals surface area contributed by atoms with Crippen LogP contribution >= 0.6 is 11.8 Å². The molecule has 5 rings (SSSR count). The van der Waals surface area contributed by atoms with Gasteiger partial charge in [0.1, 0.15) is 17.3 Å². The quantitative estimate of drug-likeness (QED) is 0.147. The van der Waals surface area contributed by atoms with Gasteiger partial charge >= 0.3 is 0 Å². The minimum absolute atomic E-state index is 0.162. The molecule has 1 aliphatic rings. The Morgan fingerprint density at radius 3 is 2.45 bits per heavy atom. The van der Waals surface area contributed by atoms with E-state index in [-0.39, 0.29) is 12.5 Å². The molecule has 0 unspecified atom stereocenters. The van der Waals surface area contributed by atoms with Gasteiger partial charge in [-0.05, 0) is 77.5 Å². The molecule has 0 aliphatic carbocycles. The average molecular weight is 523 g/mol. The number of ether oxygens (including phenoxy) is 1. The van der Waals surface area contributed by atoms with Gasteiger partial charge in [-0.3, -0.25) is 9.69 Å². The van der Waals surface area contributed by atoms with E-state index in [0.717, 1.165) is 22.6 Å². The number of carbonyl (C=O) groups is 1. The van der Waals surface area contributed by atoms with Crippen molar-refractivity contribution < 1.29 is 13.9 Å². The largest absolute Gasteiger partial charge is 0.467 e. The first-order valence-electron chi connectivity index (χ1n) is 12.0. The van der Waals surface area contributed by atoms with E-state index in [9.17, 15) is 4.79 Å². The van der Waals surface area contributed by atoms with Crippen molar-refractivity contribution in [1.29, 1.82) is 0 Å². The van der Waals surface area contributed by atoms with Crippen LogP contribution in [-0.2, 0) is 11.3 Å². The Morgan fingerprint density at radius 2 is 1.71 bits per heavy atom. The number of thioether (sulfide) groups is 1. The van der Waals surface area contributed by atoms with Crippen molar-refractivity contribution in [2.24, 2.45) is 10.2 Å². The molecular weight excluding hydrogens is 496 g/mol. The Balaban J connectivity index is 1.38. The van der Waals surface area contributed by atoms with Crippen molar-refractivity contribution in [3.8, 4) is 11.5 Å². The summed E-state index contributed by atoms with van der Waals surface area (Å²) in [4.78, 5) is 17.5. The number of amidine groups is 1. The van der Waals surface area contributed by atoms with Crippen LogP contribution in [0.3, 0.4) is 0 Å². The number of furan rings is 1. The third-order valence-electron chi connectivity index (χ3n) is 5.68. The van der Waals surface area contributed by atoms with Crippen LogP contribution in [0.25, 0.3) is 6.08 Å². The van der Waals surface area contributed by atoms with Crippen molar-refractivity contribution in [1.82, 2.24) is 4.90 Å². The lowest BCUT2D eigenvalue weighted by Crippen LogP contribution is -2.28. The first kappa shape index (κ1) is 25.1. The third kappa shape index (κ3) is 6.22.